The molecule has 0 spiro atoms. The first-order chi connectivity index (χ1) is 5.00. The van der Waals surface area contributed by atoms with Gasteiger partial charge in [0.1, 0.15) is 8.37 Å². The monoisotopic (exact) mass is 176 g/mol. The highest BCUT2D eigenvalue weighted by Gasteiger charge is 2.17. The number of rotatable bonds is 4. The Morgan fingerprint density at radius 2 is 1.36 bits per heavy atom. The lowest BCUT2D eigenvalue weighted by molar-refractivity contribution is 0.525. The molecule has 0 aromatic carbocycles. The fraction of sp³-hybridized carbons (Fsp3) is 0.833. The van der Waals surface area contributed by atoms with Gasteiger partial charge in [0.15, 0.2) is 0 Å². The first-order valence-corrected chi connectivity index (χ1v) is 4.58. The quantitative estimate of drug-likeness (QED) is 0.392. The van der Waals surface area contributed by atoms with Crippen molar-refractivity contribution in [2.75, 3.05) is 35.2 Å². The summed E-state index contributed by atoms with van der Waals surface area (Å²) in [6.07, 6.45) is 1.35. The maximum absolute atomic E-state index is 7.09. The van der Waals surface area contributed by atoms with Crippen molar-refractivity contribution < 1.29 is 0 Å². The predicted octanol–water partition coefficient (Wildman–Crippen LogP) is 0.875. The molecule has 0 rings (SSSR count). The minimum Gasteiger partial charge on any atom is -0.320 e. The van der Waals surface area contributed by atoms with E-state index in [1.54, 1.807) is 0 Å². The zero-order valence-electron chi connectivity index (χ0n) is 7.87. The van der Waals surface area contributed by atoms with Crippen LogP contribution in [-0.4, -0.2) is 55.6 Å². The summed E-state index contributed by atoms with van der Waals surface area (Å²) in [5.74, 6) is 0. The molecule has 0 bridgehead atoms. The van der Waals surface area contributed by atoms with E-state index >= 15 is 0 Å². The molecule has 0 saturated carbocycles. The third kappa shape index (κ3) is 3.14. The molecular formula is C6H17N4P. The molecule has 0 amide bonds. The second-order valence-corrected chi connectivity index (χ2v) is 5.43. The Labute approximate surface area is 70.2 Å². The Kier molecular flexibility index (Phi) is 4.57. The maximum Gasteiger partial charge on any atom is 0.148 e. The molecule has 66 valence electrons. The normalized spacial score (nSPS) is 11.3. The van der Waals surface area contributed by atoms with Crippen LogP contribution >= 0.6 is 8.37 Å². The number of hydrogen-bond donors (Lipinski definition) is 1. The van der Waals surface area contributed by atoms with E-state index in [1.807, 2.05) is 39.9 Å². The molecule has 0 fully saturated rings. The molecule has 0 radical (unpaired) electrons. The first kappa shape index (κ1) is 10.8. The highest BCUT2D eigenvalue weighted by Crippen LogP contribution is 2.41. The van der Waals surface area contributed by atoms with E-state index in [2.05, 4.69) is 9.34 Å². The van der Waals surface area contributed by atoms with Crippen LogP contribution in [0.5, 0.6) is 0 Å². The Morgan fingerprint density at radius 1 is 1.00 bits per heavy atom. The van der Waals surface area contributed by atoms with Crippen LogP contribution < -0.4 is 0 Å². The Hall–Kier alpha value is -0.180. The number of hydrogen-bond acceptors (Lipinski definition) is 3. The number of nitrogens with zero attached hydrogens (tertiary/aromatic N) is 3. The summed E-state index contributed by atoms with van der Waals surface area (Å²) in [7, 11) is 9.51. The van der Waals surface area contributed by atoms with E-state index in [0.29, 0.717) is 0 Å². The Balaban J connectivity index is 4.20. The van der Waals surface area contributed by atoms with Gasteiger partial charge in [0.2, 0.25) is 0 Å². The van der Waals surface area contributed by atoms with E-state index in [9.17, 15) is 0 Å². The van der Waals surface area contributed by atoms with Crippen molar-refractivity contribution in [3.05, 3.63) is 0 Å². The first-order valence-electron chi connectivity index (χ1n) is 3.38. The van der Waals surface area contributed by atoms with Crippen LogP contribution in [-0.2, 0) is 0 Å². The SMILES string of the molecule is CN(C)P(N(C)C)N(C)C=N. The molecular weight excluding hydrogens is 159 g/mol. The fourth-order valence-electron chi connectivity index (χ4n) is 0.974. The van der Waals surface area contributed by atoms with Crippen LogP contribution in [0.2, 0.25) is 0 Å². The zero-order chi connectivity index (χ0) is 9.02. The third-order valence-corrected chi connectivity index (χ3v) is 3.30. The highest BCUT2D eigenvalue weighted by atomic mass is 31.2. The zero-order valence-corrected chi connectivity index (χ0v) is 8.76. The minimum atomic E-state index is -0.483. The summed E-state index contributed by atoms with van der Waals surface area (Å²) >= 11 is 0. The van der Waals surface area contributed by atoms with Gasteiger partial charge in [0, 0.05) is 7.05 Å². The number of nitrogens with one attached hydrogen (secondary N) is 1. The van der Waals surface area contributed by atoms with Crippen LogP contribution in [0.15, 0.2) is 0 Å². The van der Waals surface area contributed by atoms with Gasteiger partial charge in [0.25, 0.3) is 0 Å². The maximum atomic E-state index is 7.09. The van der Waals surface area contributed by atoms with Gasteiger partial charge >= 0.3 is 0 Å². The molecule has 0 aromatic heterocycles. The Morgan fingerprint density at radius 3 is 1.45 bits per heavy atom. The van der Waals surface area contributed by atoms with Crippen LogP contribution in [0.25, 0.3) is 0 Å². The predicted molar refractivity (Wildman–Crippen MR) is 50.8 cm³/mol. The summed E-state index contributed by atoms with van der Waals surface area (Å²) in [6.45, 7) is 0. The van der Waals surface area contributed by atoms with E-state index < -0.39 is 8.37 Å². The van der Waals surface area contributed by atoms with Crippen molar-refractivity contribution in [3.63, 3.8) is 0 Å². The van der Waals surface area contributed by atoms with Gasteiger partial charge in [-0.15, -0.1) is 0 Å². The van der Waals surface area contributed by atoms with Gasteiger partial charge in [0.05, 0.1) is 6.34 Å². The molecule has 0 unspecified atom stereocenters. The van der Waals surface area contributed by atoms with E-state index in [4.69, 9.17) is 5.41 Å². The van der Waals surface area contributed by atoms with Crippen LogP contribution in [0.1, 0.15) is 0 Å². The minimum absolute atomic E-state index is 0.483. The third-order valence-electron chi connectivity index (χ3n) is 1.18. The summed E-state index contributed by atoms with van der Waals surface area (Å²) in [5, 5.41) is 7.09. The van der Waals surface area contributed by atoms with Gasteiger partial charge in [-0.05, 0) is 28.2 Å². The average molecular weight is 176 g/mol. The molecule has 5 heteroatoms. The van der Waals surface area contributed by atoms with Gasteiger partial charge in [-0.3, -0.25) is 14.8 Å². The lowest BCUT2D eigenvalue weighted by Crippen LogP contribution is -2.27. The molecule has 11 heavy (non-hydrogen) atoms. The molecule has 0 heterocycles. The molecule has 0 aliphatic rings. The molecule has 0 aliphatic carbocycles. The van der Waals surface area contributed by atoms with E-state index in [1.165, 1.54) is 6.34 Å². The fourth-order valence-corrected chi connectivity index (χ4v) is 2.92. The second-order valence-electron chi connectivity index (χ2n) is 2.67. The van der Waals surface area contributed by atoms with Gasteiger partial charge < -0.3 is 4.67 Å². The second kappa shape index (κ2) is 4.65. The lowest BCUT2D eigenvalue weighted by Gasteiger charge is -2.35. The average Bonchev–Trinajstić information content (AvgIpc) is 1.85. The van der Waals surface area contributed by atoms with Crippen molar-refractivity contribution in [2.45, 2.75) is 0 Å². The van der Waals surface area contributed by atoms with Crippen LogP contribution in [0, 0.1) is 5.41 Å². The molecule has 0 atom stereocenters. The largest absolute Gasteiger partial charge is 0.320 e. The molecule has 1 N–H and O–H groups in total. The van der Waals surface area contributed by atoms with E-state index in [-0.39, 0.29) is 0 Å². The van der Waals surface area contributed by atoms with Crippen LogP contribution in [0.3, 0.4) is 0 Å². The molecule has 0 aromatic rings. The molecule has 0 aliphatic heterocycles. The van der Waals surface area contributed by atoms with Gasteiger partial charge in [-0.2, -0.15) is 0 Å². The summed E-state index contributed by atoms with van der Waals surface area (Å²) in [5.41, 5.74) is 0. The molecule has 4 nitrogen and oxygen atoms in total. The Bertz CT molecular complexity index is 118. The topological polar surface area (TPSA) is 33.6 Å². The lowest BCUT2D eigenvalue weighted by atomic mass is 11.2. The highest BCUT2D eigenvalue weighted by molar-refractivity contribution is 7.50. The van der Waals surface area contributed by atoms with Crippen molar-refractivity contribution in [1.29, 1.82) is 5.41 Å². The van der Waals surface area contributed by atoms with Crippen molar-refractivity contribution in [2.24, 2.45) is 0 Å². The summed E-state index contributed by atoms with van der Waals surface area (Å²) < 4.78 is 6.12. The van der Waals surface area contributed by atoms with Crippen molar-refractivity contribution in [1.82, 2.24) is 14.0 Å². The molecule has 0 saturated heterocycles. The summed E-state index contributed by atoms with van der Waals surface area (Å²) in [4.78, 5) is 0. The smallest absolute Gasteiger partial charge is 0.148 e. The van der Waals surface area contributed by atoms with Gasteiger partial charge in [-0.1, -0.05) is 0 Å². The summed E-state index contributed by atoms with van der Waals surface area (Å²) in [6, 6.07) is 0. The van der Waals surface area contributed by atoms with Gasteiger partial charge in [-0.25, -0.2) is 0 Å². The standard InChI is InChI=1S/C6H17N4P/c1-8(2)11(9(3)4)10(5)6-7/h6-7H,1-5H3. The van der Waals surface area contributed by atoms with Crippen LogP contribution in [0.4, 0.5) is 0 Å². The van der Waals surface area contributed by atoms with Crippen molar-refractivity contribution in [3.8, 4) is 0 Å². The van der Waals surface area contributed by atoms with E-state index in [0.717, 1.165) is 0 Å². The van der Waals surface area contributed by atoms with Crippen molar-refractivity contribution >= 4 is 14.7 Å².